The van der Waals surface area contributed by atoms with Crippen LogP contribution in [-0.4, -0.2) is 66.2 Å². The lowest BCUT2D eigenvalue weighted by molar-refractivity contribution is -0.0374. The van der Waals surface area contributed by atoms with Gasteiger partial charge in [0.2, 0.25) is 0 Å². The highest BCUT2D eigenvalue weighted by atomic mass is 19.3. The van der Waals surface area contributed by atoms with Gasteiger partial charge in [-0.25, -0.2) is 17.6 Å². The van der Waals surface area contributed by atoms with Gasteiger partial charge >= 0.3 is 0 Å². The van der Waals surface area contributed by atoms with Crippen molar-refractivity contribution < 1.29 is 26.7 Å². The Morgan fingerprint density at radius 3 is 2.47 bits per heavy atom. The van der Waals surface area contributed by atoms with Crippen molar-refractivity contribution >= 4 is 10.9 Å². The van der Waals surface area contributed by atoms with Crippen molar-refractivity contribution in [3.63, 3.8) is 0 Å². The van der Waals surface area contributed by atoms with Gasteiger partial charge in [-0.1, -0.05) is 18.2 Å². The standard InChI is InChI=1S/C27H30F5N3O/c1-16-9-20-19-5-3-4-6-23(19)33-25(20)26(35(16)15-27(2,31)32)24-21(29)10-18(11-22(24)30)36-8-7-34-13-17(12-28)14-34/h3-6,10-11,16-17,26,33H,7-9,12-15H2,1-2H3/t16-,26-/m1/s1. The van der Waals surface area contributed by atoms with Crippen LogP contribution in [0.5, 0.6) is 5.75 Å². The van der Waals surface area contributed by atoms with Crippen LogP contribution < -0.4 is 4.74 Å². The number of alkyl halides is 3. The minimum absolute atomic E-state index is 0.0319. The molecule has 0 spiro atoms. The Hall–Kier alpha value is -2.65. The van der Waals surface area contributed by atoms with Crippen molar-refractivity contribution in [2.45, 2.75) is 38.3 Å². The molecule has 0 saturated carbocycles. The molecule has 0 amide bonds. The number of para-hydroxylation sites is 1. The third-order valence-electron chi connectivity index (χ3n) is 7.23. The normalized spacial score (nSPS) is 21.5. The summed E-state index contributed by atoms with van der Waals surface area (Å²) in [6.07, 6.45) is 0.482. The van der Waals surface area contributed by atoms with Crippen LogP contribution in [0.25, 0.3) is 10.9 Å². The van der Waals surface area contributed by atoms with Gasteiger partial charge in [0.05, 0.1) is 19.3 Å². The number of halogens is 5. The van der Waals surface area contributed by atoms with Gasteiger partial charge in [-0.15, -0.1) is 0 Å². The summed E-state index contributed by atoms with van der Waals surface area (Å²) in [6, 6.07) is 8.34. The van der Waals surface area contributed by atoms with Gasteiger partial charge in [0.1, 0.15) is 24.0 Å². The number of H-pyrrole nitrogens is 1. The minimum Gasteiger partial charge on any atom is -0.492 e. The first-order valence-corrected chi connectivity index (χ1v) is 12.3. The molecule has 0 bridgehead atoms. The van der Waals surface area contributed by atoms with Crippen LogP contribution in [-0.2, 0) is 6.42 Å². The summed E-state index contributed by atoms with van der Waals surface area (Å²) in [5.41, 5.74) is 1.94. The maximum absolute atomic E-state index is 15.5. The molecule has 3 heterocycles. The molecule has 3 aromatic rings. The van der Waals surface area contributed by atoms with E-state index in [1.165, 1.54) is 4.90 Å². The van der Waals surface area contributed by atoms with Gasteiger partial charge in [-0.3, -0.25) is 14.2 Å². The van der Waals surface area contributed by atoms with E-state index < -0.39 is 30.1 Å². The van der Waals surface area contributed by atoms with E-state index in [2.05, 4.69) is 4.98 Å². The summed E-state index contributed by atoms with van der Waals surface area (Å²) in [7, 11) is 0. The van der Waals surface area contributed by atoms with E-state index in [1.54, 1.807) is 6.92 Å². The minimum atomic E-state index is -3.05. The number of benzene rings is 2. The molecule has 0 aliphatic carbocycles. The first-order valence-electron chi connectivity index (χ1n) is 12.3. The Morgan fingerprint density at radius 2 is 1.81 bits per heavy atom. The number of aromatic nitrogens is 1. The molecule has 4 nitrogen and oxygen atoms in total. The lowest BCUT2D eigenvalue weighted by Gasteiger charge is -2.42. The topological polar surface area (TPSA) is 31.5 Å². The monoisotopic (exact) mass is 507 g/mol. The van der Waals surface area contributed by atoms with Gasteiger partial charge < -0.3 is 9.72 Å². The van der Waals surface area contributed by atoms with E-state index in [0.717, 1.165) is 35.5 Å². The predicted octanol–water partition coefficient (Wildman–Crippen LogP) is 5.72. The number of likely N-dealkylation sites (tertiary alicyclic amines) is 1. The Labute approximate surface area is 207 Å². The molecular formula is C27H30F5N3O. The second kappa shape index (κ2) is 9.67. The zero-order valence-electron chi connectivity index (χ0n) is 20.3. The van der Waals surface area contributed by atoms with Gasteiger partial charge in [-0.2, -0.15) is 0 Å². The number of rotatable bonds is 8. The molecular weight excluding hydrogens is 477 g/mol. The fraction of sp³-hybridized carbons (Fsp3) is 0.481. The van der Waals surface area contributed by atoms with E-state index in [-0.39, 0.29) is 36.6 Å². The van der Waals surface area contributed by atoms with Crippen LogP contribution in [0, 0.1) is 17.6 Å². The number of ether oxygens (including phenoxy) is 1. The Morgan fingerprint density at radius 1 is 1.11 bits per heavy atom. The second-order valence-electron chi connectivity index (χ2n) is 10.2. The molecule has 194 valence electrons. The fourth-order valence-electron chi connectivity index (χ4n) is 5.54. The van der Waals surface area contributed by atoms with Crippen LogP contribution in [0.3, 0.4) is 0 Å². The maximum Gasteiger partial charge on any atom is 0.257 e. The van der Waals surface area contributed by atoms with Crippen molar-refractivity contribution in [2.24, 2.45) is 5.92 Å². The molecule has 5 rings (SSSR count). The van der Waals surface area contributed by atoms with Crippen LogP contribution >= 0.6 is 0 Å². The third kappa shape index (κ3) is 4.83. The highest BCUT2D eigenvalue weighted by Gasteiger charge is 2.42. The summed E-state index contributed by atoms with van der Waals surface area (Å²) < 4.78 is 77.7. The van der Waals surface area contributed by atoms with Crippen molar-refractivity contribution in [1.82, 2.24) is 14.8 Å². The van der Waals surface area contributed by atoms with Crippen LogP contribution in [0.1, 0.15) is 36.7 Å². The highest BCUT2D eigenvalue weighted by molar-refractivity contribution is 5.85. The van der Waals surface area contributed by atoms with Crippen molar-refractivity contribution in [1.29, 1.82) is 0 Å². The second-order valence-corrected chi connectivity index (χ2v) is 10.2. The molecule has 36 heavy (non-hydrogen) atoms. The molecule has 2 atom stereocenters. The number of nitrogens with zero attached hydrogens (tertiary/aromatic N) is 2. The van der Waals surface area contributed by atoms with Gasteiger partial charge in [0.15, 0.2) is 0 Å². The Kier molecular flexibility index (Phi) is 6.72. The van der Waals surface area contributed by atoms with Crippen LogP contribution in [0.15, 0.2) is 36.4 Å². The van der Waals surface area contributed by atoms with E-state index in [0.29, 0.717) is 31.7 Å². The molecule has 1 fully saturated rings. The molecule has 0 radical (unpaired) electrons. The van der Waals surface area contributed by atoms with Crippen LogP contribution in [0.4, 0.5) is 22.0 Å². The Balaban J connectivity index is 1.47. The summed E-state index contributed by atoms with van der Waals surface area (Å²) in [5, 5.41) is 0.925. The number of aromatic amines is 1. The smallest absolute Gasteiger partial charge is 0.257 e. The lowest BCUT2D eigenvalue weighted by Crippen LogP contribution is -2.49. The number of hydrogen-bond donors (Lipinski definition) is 1. The van der Waals surface area contributed by atoms with E-state index in [1.807, 2.05) is 29.2 Å². The molecule has 1 N–H and O–H groups in total. The molecule has 2 aliphatic rings. The van der Waals surface area contributed by atoms with Crippen molar-refractivity contribution in [2.75, 3.05) is 39.5 Å². The third-order valence-corrected chi connectivity index (χ3v) is 7.23. The first kappa shape index (κ1) is 25.0. The summed E-state index contributed by atoms with van der Waals surface area (Å²) in [6.45, 7) is 3.65. The SMILES string of the molecule is C[C@@H]1Cc2c([nH]c3ccccc23)[C@@H](c2c(F)cc(OCCN3CC(CF)C3)cc2F)N1CC(C)(F)F. The molecule has 9 heteroatoms. The molecule has 0 unspecified atom stereocenters. The maximum atomic E-state index is 15.5. The zero-order chi connectivity index (χ0) is 25.6. The summed E-state index contributed by atoms with van der Waals surface area (Å²) in [4.78, 5) is 6.74. The van der Waals surface area contributed by atoms with E-state index in [4.69, 9.17) is 4.74 Å². The zero-order valence-corrected chi connectivity index (χ0v) is 20.3. The number of nitrogens with one attached hydrogen (secondary N) is 1. The predicted molar refractivity (Wildman–Crippen MR) is 128 cm³/mol. The number of fused-ring (bicyclic) bond motifs is 3. The Bertz CT molecular complexity index is 1210. The van der Waals surface area contributed by atoms with Crippen molar-refractivity contribution in [3.8, 4) is 5.75 Å². The van der Waals surface area contributed by atoms with Gasteiger partial charge in [0, 0.05) is 72.8 Å². The van der Waals surface area contributed by atoms with Gasteiger partial charge in [-0.05, 0) is 25.0 Å². The molecule has 2 aromatic carbocycles. The molecule has 1 saturated heterocycles. The molecule has 2 aliphatic heterocycles. The van der Waals surface area contributed by atoms with E-state index in [9.17, 15) is 13.2 Å². The summed E-state index contributed by atoms with van der Waals surface area (Å²) >= 11 is 0. The average Bonchev–Trinajstić information content (AvgIpc) is 3.14. The average molecular weight is 508 g/mol. The number of hydrogen-bond acceptors (Lipinski definition) is 3. The van der Waals surface area contributed by atoms with Gasteiger partial charge in [0.25, 0.3) is 5.92 Å². The highest BCUT2D eigenvalue weighted by Crippen LogP contribution is 2.43. The summed E-state index contributed by atoms with van der Waals surface area (Å²) in [5.74, 6) is -4.67. The quantitative estimate of drug-likeness (QED) is 0.396. The van der Waals surface area contributed by atoms with E-state index >= 15 is 8.78 Å². The molecule has 1 aromatic heterocycles. The first-order chi connectivity index (χ1) is 17.1. The largest absolute Gasteiger partial charge is 0.492 e. The van der Waals surface area contributed by atoms with Crippen molar-refractivity contribution in [3.05, 3.63) is 64.9 Å². The van der Waals surface area contributed by atoms with Crippen LogP contribution in [0.2, 0.25) is 0 Å². The fourth-order valence-corrected chi connectivity index (χ4v) is 5.54. The lowest BCUT2D eigenvalue weighted by atomic mass is 9.87.